The largest absolute Gasteiger partial charge is 0.0806 e. The van der Waals surface area contributed by atoms with Gasteiger partial charge in [-0.1, -0.05) is 400 Å². The van der Waals surface area contributed by atoms with Gasteiger partial charge < -0.3 is 0 Å². The maximum Gasteiger partial charge on any atom is 0.0806 e. The topological polar surface area (TPSA) is 0 Å². The molecule has 0 aliphatic rings. The smallest absolute Gasteiger partial charge is 0.0654 e. The molecule has 0 radical (unpaired) electrons. The highest BCUT2D eigenvalue weighted by Crippen LogP contribution is 2.39. The summed E-state index contributed by atoms with van der Waals surface area (Å²) in [5.41, 5.74) is 0. The quantitative estimate of drug-likeness (QED) is 0.0210. The van der Waals surface area contributed by atoms with Crippen LogP contribution in [-0.2, 0) is 0 Å². The Hall–Kier alpha value is -2.17. The third-order valence-corrected chi connectivity index (χ3v) is 36.8. The first-order valence-electron chi connectivity index (χ1n) is 31.7. The van der Waals surface area contributed by atoms with E-state index in [4.69, 9.17) is 0 Å². The fraction of sp³-hybridized carbons (Fsp3) is 0.571. The van der Waals surface area contributed by atoms with E-state index in [1.54, 1.807) is 31.4 Å². The molecule has 0 aromatic heterocycles. The van der Waals surface area contributed by atoms with Gasteiger partial charge >= 0.3 is 0 Å². The molecule has 0 aliphatic carbocycles. The summed E-state index contributed by atoms with van der Waals surface area (Å²) in [4.78, 5) is 0. The highest BCUT2D eigenvalue weighted by Gasteiger charge is 2.31. The molecular formula is C70H112P2Si4. The summed E-state index contributed by atoms with van der Waals surface area (Å²) in [7, 11) is -7.97. The van der Waals surface area contributed by atoms with Crippen LogP contribution in [0.15, 0.2) is 121 Å². The molecule has 5 aromatic carbocycles. The second-order valence-corrected chi connectivity index (χ2v) is 49.7. The minimum atomic E-state index is -1.58. The van der Waals surface area contributed by atoms with Crippen molar-refractivity contribution in [3.05, 3.63) is 121 Å². The fourth-order valence-corrected chi connectivity index (χ4v) is 27.1. The van der Waals surface area contributed by atoms with Crippen LogP contribution in [0.4, 0.5) is 0 Å². The molecule has 0 saturated carbocycles. The lowest BCUT2D eigenvalue weighted by Gasteiger charge is -2.30. The lowest BCUT2D eigenvalue weighted by atomic mass is 10.1. The molecule has 0 saturated heterocycles. The SMILES string of the molecule is CCCCCCCC[Si](C)(C)c1ccc(P(c2ccc([Si](C)(C)CCCCCCCC)cc2)c2ccccc2P(c2ccc([Si](C)(C)CCCCCCCC)cc2)c2ccc([Si](C)(C)CCCCCCCC)cc2)cc1. The van der Waals surface area contributed by atoms with Gasteiger partial charge in [0.25, 0.3) is 0 Å². The van der Waals surface area contributed by atoms with E-state index in [0.29, 0.717) is 0 Å². The first-order valence-corrected chi connectivity index (χ1v) is 47.2. The maximum absolute atomic E-state index is 2.63. The monoisotopic (exact) mass is 1130 g/mol. The molecule has 0 heterocycles. The van der Waals surface area contributed by atoms with Crippen molar-refractivity contribution in [3.8, 4) is 0 Å². The normalized spacial score (nSPS) is 12.6. The van der Waals surface area contributed by atoms with Crippen molar-refractivity contribution in [2.45, 2.75) is 258 Å². The van der Waals surface area contributed by atoms with Gasteiger partial charge in [0.15, 0.2) is 0 Å². The highest BCUT2D eigenvalue weighted by molar-refractivity contribution is 7.85. The molecule has 6 heteroatoms. The molecule has 5 aromatic rings. The molecule has 0 atom stereocenters. The average Bonchev–Trinajstić information content (AvgIpc) is 3.42. The van der Waals surface area contributed by atoms with E-state index >= 15 is 0 Å². The molecule has 0 spiro atoms. The summed E-state index contributed by atoms with van der Waals surface area (Å²) >= 11 is 0. The van der Waals surface area contributed by atoms with Gasteiger partial charge in [-0.05, 0) is 47.7 Å². The van der Waals surface area contributed by atoms with E-state index < -0.39 is 48.1 Å². The molecule has 76 heavy (non-hydrogen) atoms. The Bertz CT molecular complexity index is 2020. The number of benzene rings is 5. The van der Waals surface area contributed by atoms with Crippen molar-refractivity contribution in [1.29, 1.82) is 0 Å². The van der Waals surface area contributed by atoms with E-state index in [0.717, 1.165) is 0 Å². The third kappa shape index (κ3) is 20.4. The Balaban J connectivity index is 1.58. The van der Waals surface area contributed by atoms with Crippen LogP contribution in [0.3, 0.4) is 0 Å². The van der Waals surface area contributed by atoms with Gasteiger partial charge in [-0.3, -0.25) is 0 Å². The fourth-order valence-electron chi connectivity index (χ4n) is 11.9. The summed E-state index contributed by atoms with van der Waals surface area (Å²) < 4.78 is 0. The standard InChI is InChI=1S/C70H112P2Si4/c1-13-17-21-25-29-35-57-73(5,6)65-49-41-61(42-50-65)71(62-43-51-66(52-44-62)74(7,8)58-36-30-26-22-18-14-2)69-39-33-34-40-70(69)72(63-45-53-67(54-46-63)75(9,10)59-37-31-27-23-19-15-3)64-47-55-68(56-48-64)76(11,12)60-38-32-28-24-20-16-4/h33-34,39-56H,13-32,35-38,57-60H2,1-12H3. The van der Waals surface area contributed by atoms with Crippen molar-refractivity contribution < 1.29 is 0 Å². The average molecular weight is 1130 g/mol. The highest BCUT2D eigenvalue weighted by atomic mass is 31.1. The molecule has 5 rings (SSSR count). The van der Waals surface area contributed by atoms with Gasteiger partial charge in [0.1, 0.15) is 0 Å². The van der Waals surface area contributed by atoms with Crippen LogP contribution in [-0.4, -0.2) is 32.3 Å². The van der Waals surface area contributed by atoms with Gasteiger partial charge in [-0.25, -0.2) is 0 Å². The lowest BCUT2D eigenvalue weighted by molar-refractivity contribution is 0.623. The zero-order valence-electron chi connectivity index (χ0n) is 51.2. The number of hydrogen-bond donors (Lipinski definition) is 0. The van der Waals surface area contributed by atoms with Gasteiger partial charge in [0, 0.05) is 0 Å². The molecule has 0 fully saturated rings. The minimum Gasteiger partial charge on any atom is -0.0654 e. The van der Waals surface area contributed by atoms with Gasteiger partial charge in [0.2, 0.25) is 0 Å². The van der Waals surface area contributed by atoms with Crippen LogP contribution >= 0.6 is 15.8 Å². The lowest BCUT2D eigenvalue weighted by Crippen LogP contribution is -2.43. The summed E-state index contributed by atoms with van der Waals surface area (Å²) in [5, 5.41) is 15.6. The van der Waals surface area contributed by atoms with Gasteiger partial charge in [-0.2, -0.15) is 0 Å². The Labute approximate surface area is 477 Å². The molecule has 0 nitrogen and oxygen atoms in total. The molecule has 0 amide bonds. The zero-order valence-corrected chi connectivity index (χ0v) is 57.0. The Morgan fingerprint density at radius 1 is 0.237 bits per heavy atom. The number of rotatable bonds is 38. The van der Waals surface area contributed by atoms with E-state index in [-0.39, 0.29) is 0 Å². The van der Waals surface area contributed by atoms with Gasteiger partial charge in [0.05, 0.1) is 32.3 Å². The molecule has 0 aliphatic heterocycles. The third-order valence-electron chi connectivity index (χ3n) is 17.6. The van der Waals surface area contributed by atoms with Crippen LogP contribution in [0.1, 0.15) is 182 Å². The number of unbranched alkanes of at least 4 members (excludes halogenated alkanes) is 20. The predicted octanol–water partition coefficient (Wildman–Crippen LogP) is 18.3. The van der Waals surface area contributed by atoms with E-state index in [9.17, 15) is 0 Å². The van der Waals surface area contributed by atoms with Crippen molar-refractivity contribution in [3.63, 3.8) is 0 Å². The van der Waals surface area contributed by atoms with Crippen LogP contribution in [0, 0.1) is 0 Å². The zero-order chi connectivity index (χ0) is 54.9. The van der Waals surface area contributed by atoms with Crippen LogP contribution < -0.4 is 52.6 Å². The van der Waals surface area contributed by atoms with Gasteiger partial charge in [-0.15, -0.1) is 0 Å². The Kier molecular flexibility index (Phi) is 28.5. The summed E-state index contributed by atoms with van der Waals surface area (Å²) in [6.45, 7) is 30.3. The first-order chi connectivity index (χ1) is 36.6. The Morgan fingerprint density at radius 2 is 0.421 bits per heavy atom. The maximum atomic E-state index is 2.63. The first kappa shape index (κ1) is 64.6. The minimum absolute atomic E-state index is 0.830. The molecule has 418 valence electrons. The van der Waals surface area contributed by atoms with E-state index in [2.05, 4.69) is 201 Å². The van der Waals surface area contributed by atoms with Crippen molar-refractivity contribution >= 4 is 101 Å². The predicted molar refractivity (Wildman–Crippen MR) is 365 cm³/mol. The van der Waals surface area contributed by atoms with E-state index in [1.807, 2.05) is 0 Å². The van der Waals surface area contributed by atoms with Crippen molar-refractivity contribution in [2.24, 2.45) is 0 Å². The van der Waals surface area contributed by atoms with E-state index in [1.165, 1.54) is 199 Å². The summed E-state index contributed by atoms with van der Waals surface area (Å²) in [6.07, 6.45) is 33.0. The molecule has 0 unspecified atom stereocenters. The van der Waals surface area contributed by atoms with Crippen LogP contribution in [0.2, 0.25) is 76.6 Å². The molecule has 0 bridgehead atoms. The molecule has 0 N–H and O–H groups in total. The van der Waals surface area contributed by atoms with Crippen molar-refractivity contribution in [1.82, 2.24) is 0 Å². The second-order valence-electron chi connectivity index (χ2n) is 26.0. The summed E-state index contributed by atoms with van der Waals surface area (Å²) in [5.74, 6) is 0. The number of hydrogen-bond acceptors (Lipinski definition) is 0. The van der Waals surface area contributed by atoms with Crippen LogP contribution in [0.5, 0.6) is 0 Å². The molecular weight excluding hydrogens is 1020 g/mol. The Morgan fingerprint density at radius 3 is 0.618 bits per heavy atom. The second kappa shape index (κ2) is 33.5. The van der Waals surface area contributed by atoms with Crippen LogP contribution in [0.25, 0.3) is 0 Å². The summed E-state index contributed by atoms with van der Waals surface area (Å²) in [6, 6.07) is 56.6. The van der Waals surface area contributed by atoms with Crippen molar-refractivity contribution in [2.75, 3.05) is 0 Å².